The fraction of sp³-hybridized carbons (Fsp3) is 0.450. The summed E-state index contributed by atoms with van der Waals surface area (Å²) in [5.41, 5.74) is 4.25. The Morgan fingerprint density at radius 1 is 1.22 bits per heavy atom. The van der Waals surface area contributed by atoms with E-state index in [9.17, 15) is 9.59 Å². The normalized spacial score (nSPS) is 14.9. The molecule has 1 saturated heterocycles. The molecule has 3 rings (SSSR count). The number of nitrogens with zero attached hydrogens (tertiary/aromatic N) is 2. The molecule has 2 N–H and O–H groups in total. The Bertz CT molecular complexity index is 824. The lowest BCUT2D eigenvalue weighted by Crippen LogP contribution is -2.37. The highest BCUT2D eigenvalue weighted by Gasteiger charge is 2.18. The van der Waals surface area contributed by atoms with Crippen LogP contribution in [0.15, 0.2) is 24.3 Å². The molecule has 1 aliphatic rings. The van der Waals surface area contributed by atoms with Gasteiger partial charge < -0.3 is 10.4 Å². The average Bonchev–Trinajstić information content (AvgIpc) is 2.95. The zero-order chi connectivity index (χ0) is 19.4. The van der Waals surface area contributed by atoms with Crippen LogP contribution in [-0.2, 0) is 11.2 Å². The molecule has 27 heavy (non-hydrogen) atoms. The van der Waals surface area contributed by atoms with Crippen LogP contribution in [0, 0.1) is 13.8 Å². The third-order valence-electron chi connectivity index (χ3n) is 4.96. The quantitative estimate of drug-likeness (QED) is 0.796. The molecule has 0 unspecified atom stereocenters. The number of amides is 1. The van der Waals surface area contributed by atoms with E-state index in [-0.39, 0.29) is 18.4 Å². The molecular weight excluding hydrogens is 362 g/mol. The van der Waals surface area contributed by atoms with Gasteiger partial charge in [-0.3, -0.25) is 9.59 Å². The first-order valence-electron chi connectivity index (χ1n) is 9.21. The van der Waals surface area contributed by atoms with Crippen molar-refractivity contribution in [1.82, 2.24) is 15.1 Å². The number of aromatic nitrogens is 2. The number of aliphatic carboxylic acids is 1. The fourth-order valence-corrected chi connectivity index (χ4v) is 4.49. The number of rotatable bonds is 6. The Kier molecular flexibility index (Phi) is 6.21. The largest absolute Gasteiger partial charge is 0.481 e. The molecule has 1 aliphatic heterocycles. The van der Waals surface area contributed by atoms with Gasteiger partial charge in [0, 0.05) is 23.7 Å². The van der Waals surface area contributed by atoms with Gasteiger partial charge in [0.15, 0.2) is 0 Å². The molecule has 0 spiro atoms. The second-order valence-electron chi connectivity index (χ2n) is 6.86. The highest BCUT2D eigenvalue weighted by Crippen LogP contribution is 2.21. The molecule has 144 valence electrons. The van der Waals surface area contributed by atoms with Crippen molar-refractivity contribution in [3.8, 4) is 5.69 Å². The molecule has 1 aromatic carbocycles. The molecule has 0 aliphatic carbocycles. The van der Waals surface area contributed by atoms with E-state index in [2.05, 4.69) is 10.4 Å². The molecule has 0 bridgehead atoms. The molecule has 0 radical (unpaired) electrons. The maximum atomic E-state index is 12.4. The summed E-state index contributed by atoms with van der Waals surface area (Å²) in [6.07, 6.45) is 2.61. The Balaban J connectivity index is 1.72. The van der Waals surface area contributed by atoms with E-state index in [1.54, 1.807) is 0 Å². The van der Waals surface area contributed by atoms with Crippen LogP contribution in [0.25, 0.3) is 5.69 Å². The van der Waals surface area contributed by atoms with E-state index < -0.39 is 5.97 Å². The summed E-state index contributed by atoms with van der Waals surface area (Å²) in [5, 5.41) is 16.6. The second-order valence-corrected chi connectivity index (χ2v) is 8.09. The van der Waals surface area contributed by atoms with Crippen LogP contribution in [0.1, 0.15) is 46.6 Å². The minimum atomic E-state index is -0.812. The lowest BCUT2D eigenvalue weighted by Gasteiger charge is -2.22. The van der Waals surface area contributed by atoms with Crippen molar-refractivity contribution in [2.75, 3.05) is 11.5 Å². The number of carbonyl (C=O) groups excluding carboxylic acids is 1. The Hall–Kier alpha value is -2.28. The summed E-state index contributed by atoms with van der Waals surface area (Å²) in [5.74, 6) is 1.36. The number of carbonyl (C=O) groups is 2. The van der Waals surface area contributed by atoms with Crippen molar-refractivity contribution >= 4 is 23.6 Å². The van der Waals surface area contributed by atoms with Gasteiger partial charge in [0.1, 0.15) is 0 Å². The molecule has 7 heteroatoms. The van der Waals surface area contributed by atoms with E-state index in [4.69, 9.17) is 5.11 Å². The Morgan fingerprint density at radius 2 is 1.89 bits per heavy atom. The van der Waals surface area contributed by atoms with Gasteiger partial charge in [0.25, 0.3) is 5.91 Å². The zero-order valence-electron chi connectivity index (χ0n) is 15.7. The Morgan fingerprint density at radius 3 is 2.52 bits per heavy atom. The second kappa shape index (κ2) is 8.61. The standard InChI is InChI=1S/C20H25N3O3S/c1-13-18(7-8-19(24)25)14(2)23(22-13)17-5-3-15(4-6-17)20(26)21-16-9-11-27-12-10-16/h3-6,16H,7-12H2,1-2H3,(H,21,26)(H,24,25). The number of carboxylic acid groups (broad SMARTS) is 1. The van der Waals surface area contributed by atoms with Crippen LogP contribution < -0.4 is 5.32 Å². The van der Waals surface area contributed by atoms with Gasteiger partial charge in [-0.05, 0) is 74.4 Å². The molecule has 0 saturated carbocycles. The van der Waals surface area contributed by atoms with Crippen LogP contribution in [0.4, 0.5) is 0 Å². The van der Waals surface area contributed by atoms with Gasteiger partial charge in [0.05, 0.1) is 11.4 Å². The van der Waals surface area contributed by atoms with Crippen molar-refractivity contribution in [3.05, 3.63) is 46.8 Å². The summed E-state index contributed by atoms with van der Waals surface area (Å²) in [6.45, 7) is 3.84. The number of hydrogen-bond acceptors (Lipinski definition) is 4. The number of aryl methyl sites for hydroxylation is 1. The smallest absolute Gasteiger partial charge is 0.303 e. The highest BCUT2D eigenvalue weighted by atomic mass is 32.2. The molecule has 1 amide bonds. The monoisotopic (exact) mass is 387 g/mol. The number of nitrogens with one attached hydrogen (secondary N) is 1. The summed E-state index contributed by atoms with van der Waals surface area (Å²) < 4.78 is 1.81. The summed E-state index contributed by atoms with van der Waals surface area (Å²) in [7, 11) is 0. The molecule has 6 nitrogen and oxygen atoms in total. The first-order chi connectivity index (χ1) is 13.0. The molecule has 2 aromatic rings. The van der Waals surface area contributed by atoms with Gasteiger partial charge in [-0.2, -0.15) is 16.9 Å². The third kappa shape index (κ3) is 4.71. The van der Waals surface area contributed by atoms with Crippen molar-refractivity contribution in [2.24, 2.45) is 0 Å². The maximum Gasteiger partial charge on any atom is 0.303 e. The molecule has 0 atom stereocenters. The van der Waals surface area contributed by atoms with Crippen LogP contribution in [0.5, 0.6) is 0 Å². The van der Waals surface area contributed by atoms with Gasteiger partial charge >= 0.3 is 5.97 Å². The summed E-state index contributed by atoms with van der Waals surface area (Å²) in [6, 6.07) is 7.66. The lowest BCUT2D eigenvalue weighted by atomic mass is 10.1. The van der Waals surface area contributed by atoms with E-state index in [0.29, 0.717) is 12.0 Å². The van der Waals surface area contributed by atoms with E-state index in [1.165, 1.54) is 0 Å². The highest BCUT2D eigenvalue weighted by molar-refractivity contribution is 7.99. The molecule has 2 heterocycles. The summed E-state index contributed by atoms with van der Waals surface area (Å²) >= 11 is 1.94. The topological polar surface area (TPSA) is 84.2 Å². The van der Waals surface area contributed by atoms with E-state index >= 15 is 0 Å². The fourth-order valence-electron chi connectivity index (χ4n) is 3.38. The van der Waals surface area contributed by atoms with Crippen LogP contribution >= 0.6 is 11.8 Å². The van der Waals surface area contributed by atoms with Crippen molar-refractivity contribution in [3.63, 3.8) is 0 Å². The lowest BCUT2D eigenvalue weighted by molar-refractivity contribution is -0.136. The first-order valence-corrected chi connectivity index (χ1v) is 10.4. The molecule has 1 fully saturated rings. The van der Waals surface area contributed by atoms with Gasteiger partial charge in [0.2, 0.25) is 0 Å². The van der Waals surface area contributed by atoms with E-state index in [1.807, 2.05) is 54.6 Å². The predicted molar refractivity (Wildman–Crippen MR) is 107 cm³/mol. The molecule has 1 aromatic heterocycles. The minimum absolute atomic E-state index is 0.0334. The van der Waals surface area contributed by atoms with Crippen molar-refractivity contribution in [2.45, 2.75) is 45.6 Å². The number of benzene rings is 1. The number of carboxylic acids is 1. The first kappa shape index (κ1) is 19.5. The van der Waals surface area contributed by atoms with Gasteiger partial charge in [-0.15, -0.1) is 0 Å². The molecular formula is C20H25N3O3S. The average molecular weight is 388 g/mol. The predicted octanol–water partition coefficient (Wildman–Crippen LogP) is 3.13. The van der Waals surface area contributed by atoms with Gasteiger partial charge in [-0.1, -0.05) is 0 Å². The maximum absolute atomic E-state index is 12.4. The van der Waals surface area contributed by atoms with Crippen molar-refractivity contribution in [1.29, 1.82) is 0 Å². The minimum Gasteiger partial charge on any atom is -0.481 e. The Labute approximate surface area is 163 Å². The third-order valence-corrected chi connectivity index (χ3v) is 6.01. The zero-order valence-corrected chi connectivity index (χ0v) is 16.5. The van der Waals surface area contributed by atoms with Crippen LogP contribution in [-0.4, -0.2) is 44.3 Å². The number of hydrogen-bond donors (Lipinski definition) is 2. The van der Waals surface area contributed by atoms with Gasteiger partial charge in [-0.25, -0.2) is 4.68 Å². The van der Waals surface area contributed by atoms with Crippen molar-refractivity contribution < 1.29 is 14.7 Å². The van der Waals surface area contributed by atoms with Crippen LogP contribution in [0.2, 0.25) is 0 Å². The SMILES string of the molecule is Cc1nn(-c2ccc(C(=O)NC3CCSCC3)cc2)c(C)c1CCC(=O)O. The summed E-state index contributed by atoms with van der Waals surface area (Å²) in [4.78, 5) is 23.3. The van der Waals surface area contributed by atoms with Crippen LogP contribution in [0.3, 0.4) is 0 Å². The number of thioether (sulfide) groups is 1. The van der Waals surface area contributed by atoms with E-state index in [0.717, 1.165) is 47.0 Å².